The number of ether oxygens (including phenoxy) is 1. The maximum Gasteiger partial charge on any atom is 0.325 e. The van der Waals surface area contributed by atoms with Crippen LogP contribution >= 0.6 is 0 Å². The maximum atomic E-state index is 13.7. The van der Waals surface area contributed by atoms with Crippen LogP contribution in [-0.4, -0.2) is 75.2 Å². The van der Waals surface area contributed by atoms with Crippen LogP contribution < -0.4 is 20.7 Å². The summed E-state index contributed by atoms with van der Waals surface area (Å²) in [7, 11) is 0. The Bertz CT molecular complexity index is 1390. The average Bonchev–Trinajstić information content (AvgIpc) is 3.10. The zero-order chi connectivity index (χ0) is 30.9. The molecule has 2 fully saturated rings. The van der Waals surface area contributed by atoms with Crippen molar-refractivity contribution in [3.8, 4) is 11.5 Å². The Morgan fingerprint density at radius 3 is 2.42 bits per heavy atom. The smallest absolute Gasteiger partial charge is 0.325 e. The number of urea groups is 1. The van der Waals surface area contributed by atoms with Crippen molar-refractivity contribution in [3.05, 3.63) is 60.1 Å². The second-order valence-electron chi connectivity index (χ2n) is 10.8. The number of carbonyl (C=O) groups excluding carboxylic acids is 5. The van der Waals surface area contributed by atoms with Crippen molar-refractivity contribution in [1.29, 1.82) is 0 Å². The SMILES string of the molecule is CC(C)C[C@H](NC(=O)[C@@H]1CCCN2C(=O)CC[C@H](NC(=O)Nc3ccc(Oc4ccccc4)cc3)C(=O)N12)C(=O)C=[N+]=[N-]. The van der Waals surface area contributed by atoms with Gasteiger partial charge in [-0.25, -0.2) is 9.80 Å². The largest absolute Gasteiger partial charge is 0.457 e. The Balaban J connectivity index is 1.44. The Morgan fingerprint density at radius 2 is 1.74 bits per heavy atom. The Hall–Kier alpha value is -5.03. The van der Waals surface area contributed by atoms with E-state index in [1.54, 1.807) is 24.3 Å². The number of ketones is 1. The van der Waals surface area contributed by atoms with E-state index in [1.807, 2.05) is 44.2 Å². The van der Waals surface area contributed by atoms with Gasteiger partial charge in [0, 0.05) is 18.7 Å². The number of Topliss-reactive ketones (excluding diaryl/α,β-unsaturated/α-hetero) is 1. The van der Waals surface area contributed by atoms with E-state index in [1.165, 1.54) is 5.01 Å². The normalized spacial score (nSPS) is 19.0. The first-order valence-electron chi connectivity index (χ1n) is 14.2. The Kier molecular flexibility index (Phi) is 10.2. The first kappa shape index (κ1) is 30.9. The molecule has 2 aromatic rings. The van der Waals surface area contributed by atoms with Gasteiger partial charge >= 0.3 is 12.2 Å². The summed E-state index contributed by atoms with van der Waals surface area (Å²) in [5.74, 6) is -0.870. The number of nitrogens with one attached hydrogen (secondary N) is 3. The summed E-state index contributed by atoms with van der Waals surface area (Å²) in [6, 6.07) is 12.2. The van der Waals surface area contributed by atoms with Crippen LogP contribution in [0.25, 0.3) is 5.53 Å². The monoisotopic (exact) mass is 589 g/mol. The van der Waals surface area contributed by atoms with Crippen LogP contribution in [0.2, 0.25) is 0 Å². The van der Waals surface area contributed by atoms with Crippen molar-refractivity contribution >= 4 is 41.4 Å². The molecule has 0 spiro atoms. The van der Waals surface area contributed by atoms with Gasteiger partial charge in [-0.05, 0) is 68.0 Å². The summed E-state index contributed by atoms with van der Waals surface area (Å²) in [5.41, 5.74) is 9.26. The third-order valence-electron chi connectivity index (χ3n) is 7.11. The molecule has 0 unspecified atom stereocenters. The lowest BCUT2D eigenvalue weighted by atomic mass is 9.99. The fourth-order valence-electron chi connectivity index (χ4n) is 5.09. The van der Waals surface area contributed by atoms with Gasteiger partial charge in [0.2, 0.25) is 11.8 Å². The lowest BCUT2D eigenvalue weighted by molar-refractivity contribution is -0.176. The highest BCUT2D eigenvalue weighted by molar-refractivity contribution is 6.28. The third kappa shape index (κ3) is 8.04. The lowest BCUT2D eigenvalue weighted by Crippen LogP contribution is -2.64. The van der Waals surface area contributed by atoms with Crippen LogP contribution in [0, 0.1) is 5.92 Å². The molecule has 0 bridgehead atoms. The van der Waals surface area contributed by atoms with Crippen LogP contribution in [0.1, 0.15) is 46.0 Å². The van der Waals surface area contributed by atoms with Crippen molar-refractivity contribution in [2.45, 2.75) is 64.1 Å². The summed E-state index contributed by atoms with van der Waals surface area (Å²) in [6.07, 6.45) is 1.78. The number of fused-ring (bicyclic) bond motifs is 1. The zero-order valence-corrected chi connectivity index (χ0v) is 24.1. The molecule has 0 radical (unpaired) electrons. The number of amides is 5. The van der Waals surface area contributed by atoms with E-state index in [2.05, 4.69) is 20.7 Å². The number of hydrogen-bond donors (Lipinski definition) is 3. The minimum absolute atomic E-state index is 0.00548. The molecule has 2 saturated heterocycles. The molecule has 2 aromatic carbocycles. The fourth-order valence-corrected chi connectivity index (χ4v) is 5.09. The minimum Gasteiger partial charge on any atom is -0.457 e. The number of carbonyl (C=O) groups is 5. The molecular weight excluding hydrogens is 554 g/mol. The highest BCUT2D eigenvalue weighted by atomic mass is 16.5. The Morgan fingerprint density at radius 1 is 1.05 bits per heavy atom. The summed E-state index contributed by atoms with van der Waals surface area (Å²) in [5, 5.41) is 10.4. The average molecular weight is 590 g/mol. The highest BCUT2D eigenvalue weighted by Gasteiger charge is 2.45. The topological polar surface area (TPSA) is 174 Å². The van der Waals surface area contributed by atoms with E-state index < -0.39 is 41.8 Å². The standard InChI is InChI=1S/C30H35N7O6/c1-19(2)17-24(26(38)18-32-31)34-28(40)25-9-6-16-36-27(39)15-14-23(29(41)37(25)36)35-30(42)33-20-10-12-22(13-11-20)43-21-7-4-3-5-8-21/h3-5,7-8,10-13,18-19,23-25H,6,9,14-17H2,1-2H3,(H,34,40)(H2,33,35,42)/t23-,24-,25-/m0/s1. The molecule has 0 aromatic heterocycles. The molecule has 0 saturated carbocycles. The molecule has 3 atom stereocenters. The molecule has 13 nitrogen and oxygen atoms in total. The summed E-state index contributed by atoms with van der Waals surface area (Å²) in [6.45, 7) is 3.99. The van der Waals surface area contributed by atoms with Crippen molar-refractivity contribution in [2.75, 3.05) is 11.9 Å². The van der Waals surface area contributed by atoms with Crippen LogP contribution in [0.4, 0.5) is 10.5 Å². The van der Waals surface area contributed by atoms with Crippen LogP contribution in [0.3, 0.4) is 0 Å². The number of para-hydroxylation sites is 1. The summed E-state index contributed by atoms with van der Waals surface area (Å²) in [4.78, 5) is 68.2. The minimum atomic E-state index is -1.07. The van der Waals surface area contributed by atoms with Gasteiger partial charge < -0.3 is 26.2 Å². The maximum absolute atomic E-state index is 13.7. The van der Waals surface area contributed by atoms with Crippen molar-refractivity contribution in [1.82, 2.24) is 20.7 Å². The van der Waals surface area contributed by atoms with Crippen LogP contribution in [0.5, 0.6) is 11.5 Å². The second-order valence-corrected chi connectivity index (χ2v) is 10.8. The molecule has 0 aliphatic carbocycles. The summed E-state index contributed by atoms with van der Waals surface area (Å²) < 4.78 is 5.76. The quantitative estimate of drug-likeness (QED) is 0.218. The van der Waals surface area contributed by atoms with E-state index in [-0.39, 0.29) is 44.1 Å². The Labute approximate surface area is 249 Å². The van der Waals surface area contributed by atoms with Gasteiger partial charge in [-0.3, -0.25) is 24.2 Å². The predicted molar refractivity (Wildman–Crippen MR) is 156 cm³/mol. The molecule has 2 aliphatic rings. The molecule has 226 valence electrons. The van der Waals surface area contributed by atoms with E-state index in [0.717, 1.165) is 11.2 Å². The van der Waals surface area contributed by atoms with Gasteiger partial charge in [0.1, 0.15) is 23.6 Å². The predicted octanol–water partition coefficient (Wildman–Crippen LogP) is 2.90. The molecule has 2 aliphatic heterocycles. The van der Waals surface area contributed by atoms with Gasteiger partial charge in [0.15, 0.2) is 0 Å². The molecule has 13 heteroatoms. The third-order valence-corrected chi connectivity index (χ3v) is 7.11. The molecule has 5 amide bonds. The molecule has 43 heavy (non-hydrogen) atoms. The molecule has 2 heterocycles. The van der Waals surface area contributed by atoms with Gasteiger partial charge in [0.25, 0.3) is 11.7 Å². The van der Waals surface area contributed by atoms with Crippen LogP contribution in [0.15, 0.2) is 54.6 Å². The van der Waals surface area contributed by atoms with Crippen molar-refractivity contribution in [3.63, 3.8) is 0 Å². The number of benzene rings is 2. The fraction of sp³-hybridized carbons (Fsp3) is 0.400. The van der Waals surface area contributed by atoms with Gasteiger partial charge in [-0.1, -0.05) is 32.0 Å². The lowest BCUT2D eigenvalue weighted by Gasteiger charge is -2.43. The van der Waals surface area contributed by atoms with E-state index in [9.17, 15) is 24.0 Å². The summed E-state index contributed by atoms with van der Waals surface area (Å²) >= 11 is 0. The van der Waals surface area contributed by atoms with Crippen molar-refractivity contribution < 1.29 is 33.5 Å². The first-order valence-corrected chi connectivity index (χ1v) is 14.2. The molecule has 3 N–H and O–H groups in total. The zero-order valence-electron chi connectivity index (χ0n) is 24.1. The number of rotatable bonds is 10. The number of nitrogens with zero attached hydrogens (tertiary/aromatic N) is 4. The van der Waals surface area contributed by atoms with E-state index in [0.29, 0.717) is 23.6 Å². The number of anilines is 1. The first-order chi connectivity index (χ1) is 20.7. The van der Waals surface area contributed by atoms with E-state index in [4.69, 9.17) is 10.3 Å². The number of hydrazine groups is 1. The number of hydrogen-bond acceptors (Lipinski definition) is 6. The highest BCUT2D eigenvalue weighted by Crippen LogP contribution is 2.26. The van der Waals surface area contributed by atoms with Crippen LogP contribution in [-0.2, 0) is 19.2 Å². The van der Waals surface area contributed by atoms with Gasteiger partial charge in [-0.2, -0.15) is 4.79 Å². The molecular formula is C30H35N7O6. The molecule has 4 rings (SSSR count). The second kappa shape index (κ2) is 14.2. The van der Waals surface area contributed by atoms with Gasteiger partial charge in [0.05, 0.1) is 6.04 Å². The van der Waals surface area contributed by atoms with E-state index >= 15 is 0 Å². The van der Waals surface area contributed by atoms with Gasteiger partial charge in [-0.15, -0.1) is 0 Å². The van der Waals surface area contributed by atoms with Crippen molar-refractivity contribution in [2.24, 2.45) is 5.92 Å².